The molecule has 4 rings (SSSR count). The Kier molecular flexibility index (Phi) is 5.94. The molecule has 1 amide bonds. The number of carbonyl (C=O) groups excluding carboxylic acids is 3. The lowest BCUT2D eigenvalue weighted by molar-refractivity contribution is -0.132. The van der Waals surface area contributed by atoms with Crippen LogP contribution < -0.4 is 4.90 Å². The summed E-state index contributed by atoms with van der Waals surface area (Å²) in [6.07, 6.45) is 0. The van der Waals surface area contributed by atoms with Crippen molar-refractivity contribution in [3.05, 3.63) is 73.9 Å². The van der Waals surface area contributed by atoms with E-state index in [1.807, 2.05) is 30.5 Å². The van der Waals surface area contributed by atoms with Gasteiger partial charge in [-0.3, -0.25) is 14.5 Å². The standard InChI is InChI=1S/C23H20N2O5S2/c1-4-30-22(29)20-13(3)24-23(32-20)25-17(15-6-5-11-31-15)16(19(27)21(25)28)18(26)14-9-7-12(2)8-10-14/h5-11,17,26H,4H2,1-3H3/b18-16+/t17-/m0/s1. The van der Waals surface area contributed by atoms with Crippen molar-refractivity contribution in [2.45, 2.75) is 26.8 Å². The first kappa shape index (κ1) is 21.9. The number of thiazole rings is 1. The van der Waals surface area contributed by atoms with Crippen molar-refractivity contribution in [3.8, 4) is 0 Å². The van der Waals surface area contributed by atoms with E-state index >= 15 is 0 Å². The van der Waals surface area contributed by atoms with Gasteiger partial charge in [-0.1, -0.05) is 47.2 Å². The SMILES string of the molecule is CCOC(=O)c1sc(N2C(=O)C(=O)/C(=C(/O)c3ccc(C)cc3)[C@@H]2c2cccs2)nc1C. The maximum absolute atomic E-state index is 13.1. The number of esters is 1. The highest BCUT2D eigenvalue weighted by Gasteiger charge is 2.48. The van der Waals surface area contributed by atoms with Crippen LogP contribution in [0.1, 0.15) is 44.3 Å². The molecule has 1 N–H and O–H groups in total. The van der Waals surface area contributed by atoms with Crippen LogP contribution in [-0.2, 0) is 14.3 Å². The van der Waals surface area contributed by atoms with E-state index in [0.717, 1.165) is 16.9 Å². The van der Waals surface area contributed by atoms with Gasteiger partial charge in [0.2, 0.25) is 0 Å². The molecule has 0 radical (unpaired) electrons. The van der Waals surface area contributed by atoms with Crippen LogP contribution in [0.5, 0.6) is 0 Å². The van der Waals surface area contributed by atoms with Crippen LogP contribution >= 0.6 is 22.7 Å². The molecule has 0 aliphatic carbocycles. The molecule has 7 nitrogen and oxygen atoms in total. The number of carbonyl (C=O) groups is 3. The fraction of sp³-hybridized carbons (Fsp3) is 0.217. The number of anilines is 1. The van der Waals surface area contributed by atoms with Crippen molar-refractivity contribution in [2.75, 3.05) is 11.5 Å². The number of aliphatic hydroxyl groups excluding tert-OH is 1. The average molecular weight is 469 g/mol. The molecule has 3 aromatic rings. The van der Waals surface area contributed by atoms with Crippen molar-refractivity contribution in [2.24, 2.45) is 0 Å². The number of benzene rings is 1. The lowest BCUT2D eigenvalue weighted by Crippen LogP contribution is -2.29. The van der Waals surface area contributed by atoms with Gasteiger partial charge in [0, 0.05) is 10.4 Å². The molecule has 1 aliphatic rings. The third-order valence-corrected chi connectivity index (χ3v) is 7.10. The van der Waals surface area contributed by atoms with Gasteiger partial charge in [0.1, 0.15) is 16.7 Å². The van der Waals surface area contributed by atoms with E-state index in [4.69, 9.17) is 4.74 Å². The summed E-state index contributed by atoms with van der Waals surface area (Å²) in [5, 5.41) is 13.1. The van der Waals surface area contributed by atoms with E-state index in [9.17, 15) is 19.5 Å². The molecular weight excluding hydrogens is 448 g/mol. The Morgan fingerprint density at radius 3 is 2.53 bits per heavy atom. The first-order valence-corrected chi connectivity index (χ1v) is 11.6. The van der Waals surface area contributed by atoms with Gasteiger partial charge in [-0.25, -0.2) is 9.78 Å². The molecular formula is C23H20N2O5S2. The largest absolute Gasteiger partial charge is 0.507 e. The zero-order valence-electron chi connectivity index (χ0n) is 17.6. The molecule has 1 atom stereocenters. The number of hydrogen-bond acceptors (Lipinski definition) is 8. The molecule has 32 heavy (non-hydrogen) atoms. The third kappa shape index (κ3) is 3.74. The van der Waals surface area contributed by atoms with Crippen molar-refractivity contribution >= 4 is 51.2 Å². The van der Waals surface area contributed by atoms with E-state index in [2.05, 4.69) is 4.98 Å². The first-order chi connectivity index (χ1) is 15.3. The first-order valence-electron chi connectivity index (χ1n) is 9.89. The smallest absolute Gasteiger partial charge is 0.350 e. The fourth-order valence-electron chi connectivity index (χ4n) is 3.48. The summed E-state index contributed by atoms with van der Waals surface area (Å²) in [5.74, 6) is -2.38. The van der Waals surface area contributed by atoms with Gasteiger partial charge in [0.15, 0.2) is 5.13 Å². The van der Waals surface area contributed by atoms with Crippen molar-refractivity contribution in [1.29, 1.82) is 0 Å². The molecule has 1 aliphatic heterocycles. The molecule has 1 saturated heterocycles. The minimum atomic E-state index is -0.850. The molecule has 0 spiro atoms. The van der Waals surface area contributed by atoms with Gasteiger partial charge >= 0.3 is 11.9 Å². The van der Waals surface area contributed by atoms with Gasteiger partial charge in [-0.05, 0) is 32.2 Å². The summed E-state index contributed by atoms with van der Waals surface area (Å²) in [6, 6.07) is 9.80. The minimum absolute atomic E-state index is 0.00755. The lowest BCUT2D eigenvalue weighted by atomic mass is 9.99. The van der Waals surface area contributed by atoms with Gasteiger partial charge in [0.05, 0.1) is 17.9 Å². The summed E-state index contributed by atoms with van der Waals surface area (Å²) in [5.41, 5.74) is 1.85. The second kappa shape index (κ2) is 8.68. The molecule has 164 valence electrons. The zero-order valence-corrected chi connectivity index (χ0v) is 19.3. The molecule has 9 heteroatoms. The van der Waals surface area contributed by atoms with Crippen LogP contribution in [0.3, 0.4) is 0 Å². The average Bonchev–Trinajstić information content (AvgIpc) is 3.48. The van der Waals surface area contributed by atoms with Gasteiger partial charge in [-0.15, -0.1) is 11.3 Å². The Morgan fingerprint density at radius 2 is 1.91 bits per heavy atom. The molecule has 0 bridgehead atoms. The second-order valence-corrected chi connectivity index (χ2v) is 9.14. The highest BCUT2D eigenvalue weighted by atomic mass is 32.1. The second-order valence-electron chi connectivity index (χ2n) is 7.18. The Morgan fingerprint density at radius 1 is 1.19 bits per heavy atom. The number of rotatable bonds is 5. The molecule has 1 fully saturated rings. The molecule has 1 aromatic carbocycles. The number of nitrogens with zero attached hydrogens (tertiary/aromatic N) is 2. The van der Waals surface area contributed by atoms with E-state index < -0.39 is 23.7 Å². The van der Waals surface area contributed by atoms with E-state index in [-0.39, 0.29) is 27.9 Å². The van der Waals surface area contributed by atoms with Crippen LogP contribution in [0.2, 0.25) is 0 Å². The Bertz CT molecular complexity index is 1230. The quantitative estimate of drug-likeness (QED) is 0.254. The number of aliphatic hydroxyl groups is 1. The number of aryl methyl sites for hydroxylation is 2. The van der Waals surface area contributed by atoms with Gasteiger partial charge in [-0.2, -0.15) is 0 Å². The number of ether oxygens (including phenoxy) is 1. The Balaban J connectivity index is 1.87. The Hall–Kier alpha value is -3.30. The van der Waals surface area contributed by atoms with Gasteiger partial charge in [0.25, 0.3) is 5.78 Å². The number of aromatic nitrogens is 1. The van der Waals surface area contributed by atoms with Crippen molar-refractivity contribution in [3.63, 3.8) is 0 Å². The van der Waals surface area contributed by atoms with Crippen LogP contribution in [0.4, 0.5) is 5.13 Å². The number of thiophene rings is 1. The topological polar surface area (TPSA) is 96.8 Å². The van der Waals surface area contributed by atoms with Crippen LogP contribution in [0.25, 0.3) is 5.76 Å². The Labute approximate surface area is 192 Å². The van der Waals surface area contributed by atoms with E-state index in [0.29, 0.717) is 16.1 Å². The molecule has 0 unspecified atom stereocenters. The van der Waals surface area contributed by atoms with Crippen LogP contribution in [0, 0.1) is 13.8 Å². The summed E-state index contributed by atoms with van der Waals surface area (Å²) >= 11 is 2.35. The van der Waals surface area contributed by atoms with Gasteiger partial charge < -0.3 is 9.84 Å². The third-order valence-electron chi connectivity index (χ3n) is 5.03. The number of ketones is 1. The summed E-state index contributed by atoms with van der Waals surface area (Å²) in [4.78, 5) is 45.1. The predicted molar refractivity (Wildman–Crippen MR) is 123 cm³/mol. The predicted octanol–water partition coefficient (Wildman–Crippen LogP) is 4.62. The zero-order chi connectivity index (χ0) is 23.0. The highest BCUT2D eigenvalue weighted by Crippen LogP contribution is 2.45. The maximum atomic E-state index is 13.1. The summed E-state index contributed by atoms with van der Waals surface area (Å²) in [7, 11) is 0. The van der Waals surface area contributed by atoms with Crippen LogP contribution in [0.15, 0.2) is 47.4 Å². The fourth-order valence-corrected chi connectivity index (χ4v) is 5.30. The molecule has 2 aromatic heterocycles. The van der Waals surface area contributed by atoms with Crippen LogP contribution in [-0.4, -0.2) is 34.4 Å². The summed E-state index contributed by atoms with van der Waals surface area (Å²) < 4.78 is 5.07. The highest BCUT2D eigenvalue weighted by molar-refractivity contribution is 7.18. The maximum Gasteiger partial charge on any atom is 0.350 e. The van der Waals surface area contributed by atoms with Crippen molar-refractivity contribution in [1.82, 2.24) is 4.98 Å². The monoisotopic (exact) mass is 468 g/mol. The normalized spacial score (nSPS) is 17.7. The number of hydrogen-bond donors (Lipinski definition) is 1. The minimum Gasteiger partial charge on any atom is -0.507 e. The van der Waals surface area contributed by atoms with Crippen molar-refractivity contribution < 1.29 is 24.2 Å². The number of amides is 1. The molecule has 0 saturated carbocycles. The number of Topliss-reactive ketones (excluding diaryl/α,β-unsaturated/α-hetero) is 1. The summed E-state index contributed by atoms with van der Waals surface area (Å²) in [6.45, 7) is 5.48. The van der Waals surface area contributed by atoms with E-state index in [1.54, 1.807) is 32.0 Å². The lowest BCUT2D eigenvalue weighted by Gasteiger charge is -2.21. The molecule has 3 heterocycles. The van der Waals surface area contributed by atoms with E-state index in [1.165, 1.54) is 16.2 Å².